The van der Waals surface area contributed by atoms with Gasteiger partial charge in [0.25, 0.3) is 0 Å². The van der Waals surface area contributed by atoms with Gasteiger partial charge in [0.15, 0.2) is 0 Å². The Bertz CT molecular complexity index is 4240. The maximum absolute atomic E-state index is 10.1. The number of hydrogen-bond donors (Lipinski definition) is 0. The van der Waals surface area contributed by atoms with Gasteiger partial charge < -0.3 is 0 Å². The molecule has 0 fully saturated rings. The van der Waals surface area contributed by atoms with E-state index in [4.69, 9.17) is 27.4 Å². The minimum atomic E-state index is -1.17. The maximum atomic E-state index is 10.1. The lowest BCUT2D eigenvalue weighted by Crippen LogP contribution is -1.92. The second kappa shape index (κ2) is 10.9. The third-order valence-corrected chi connectivity index (χ3v) is 7.19. The van der Waals surface area contributed by atoms with Crippen LogP contribution >= 0.6 is 0 Å². The quantitative estimate of drug-likeness (QED) is 0.173. The lowest BCUT2D eigenvalue weighted by molar-refractivity contribution is 1.62. The molecule has 0 aromatic heterocycles. The van der Waals surface area contributed by atoms with Crippen LogP contribution in [0, 0.1) is 0 Å². The van der Waals surface area contributed by atoms with Crippen LogP contribution in [0.5, 0.6) is 0 Å². The number of benzene rings is 9. The van der Waals surface area contributed by atoms with Crippen LogP contribution in [-0.2, 0) is 0 Å². The topological polar surface area (TPSA) is 0 Å². The van der Waals surface area contributed by atoms with Crippen LogP contribution in [0.15, 0.2) is 181 Å². The molecule has 0 amide bonds. The summed E-state index contributed by atoms with van der Waals surface area (Å²) in [5.41, 5.74) is -7.13. The normalized spacial score (nSPS) is 20.6. The summed E-state index contributed by atoms with van der Waals surface area (Å²) in [4.78, 5) is 0. The third kappa shape index (κ3) is 4.38. The van der Waals surface area contributed by atoms with Gasteiger partial charge in [-0.05, 0) is 106 Å². The zero-order valence-corrected chi connectivity index (χ0v) is 23.0. The van der Waals surface area contributed by atoms with Gasteiger partial charge in [0.05, 0.1) is 41.1 Å². The molecule has 0 aliphatic carbocycles. The van der Waals surface area contributed by atoms with Gasteiger partial charge in [0, 0.05) is 0 Å². The SMILES string of the molecule is [2H]c1c([2H])c([2H])c(-c2c3c([2H])c([2H])c([2H])c([2H])c3c(-c3c([2H])c([2H])c([2H])c(-c4c([2H])c([2H])c5c([2H])c([2H])c([2H])c([2H])c5c4[2H])c3[2H])c3c([2H])c([2H])c(-c4c([2H])c([2H])c([2H])c5c([2H])c([2H])c([2H])c([2H])c45)c([2H])c23)c([2H])c1[2H]. The molecule has 0 radical (unpaired) electrons. The van der Waals surface area contributed by atoms with Gasteiger partial charge in [-0.2, -0.15) is 0 Å². The lowest BCUT2D eigenvalue weighted by atomic mass is 9.84. The molecule has 9 rings (SSSR count). The summed E-state index contributed by atoms with van der Waals surface area (Å²) in [6.07, 6.45) is 0. The zero-order valence-electron chi connectivity index (χ0n) is 53.0. The molecule has 0 atom stereocenters. The van der Waals surface area contributed by atoms with Gasteiger partial charge in [0.1, 0.15) is 0 Å². The monoisotopic (exact) mass is 612 g/mol. The van der Waals surface area contributed by atoms with E-state index in [1.807, 2.05) is 0 Å². The fourth-order valence-electron chi connectivity index (χ4n) is 5.22. The highest BCUT2D eigenvalue weighted by Crippen LogP contribution is 2.45. The second-order valence-corrected chi connectivity index (χ2v) is 9.75. The van der Waals surface area contributed by atoms with Crippen molar-refractivity contribution in [3.8, 4) is 44.5 Å². The largest absolute Gasteiger partial charge is 0.0636 e. The van der Waals surface area contributed by atoms with Crippen molar-refractivity contribution in [1.29, 1.82) is 0 Å². The molecular formula is C46H30. The standard InChI is InChI=1S/C46H30/c1-2-14-33(15-3-1)45-41-21-8-9-22-42(41)46(38-19-10-18-35(29-38)36-25-24-31-12-4-5-16-34(31)28-36)43-27-26-37(30-44(43)45)40-23-11-17-32-13-6-7-20-39(32)40/h1-30H/i1D,2D,3D,4D,5D,6D,7D,8D,9D,10D,11D,12D,13D,14D,15D,16D,17D,18D,19D,20D,21D,22D,23D,24D,25D,26D,27D,28D,29D,30D. The Morgan fingerprint density at radius 1 is 0.261 bits per heavy atom. The van der Waals surface area contributed by atoms with Crippen LogP contribution in [0.4, 0.5) is 0 Å². The van der Waals surface area contributed by atoms with Crippen molar-refractivity contribution in [2.24, 2.45) is 0 Å². The highest BCUT2D eigenvalue weighted by molar-refractivity contribution is 6.22. The van der Waals surface area contributed by atoms with Crippen LogP contribution in [0.2, 0.25) is 0 Å². The molecule has 0 heteroatoms. The summed E-state index contributed by atoms with van der Waals surface area (Å²) < 4.78 is 270. The first-order chi connectivity index (χ1) is 35.3. The average molecular weight is 613 g/mol. The smallest absolute Gasteiger partial charge is 0.0622 e. The molecule has 0 saturated heterocycles. The Kier molecular flexibility index (Phi) is 2.37. The number of hydrogen-bond acceptors (Lipinski definition) is 0. The van der Waals surface area contributed by atoms with E-state index >= 15 is 0 Å². The van der Waals surface area contributed by atoms with Crippen molar-refractivity contribution in [2.45, 2.75) is 0 Å². The first kappa shape index (κ1) is 10.0. The highest BCUT2D eigenvalue weighted by atomic mass is 14.2. The van der Waals surface area contributed by atoms with Crippen molar-refractivity contribution >= 4 is 43.1 Å². The predicted molar refractivity (Wildman–Crippen MR) is 198 cm³/mol. The van der Waals surface area contributed by atoms with E-state index in [1.54, 1.807) is 0 Å². The van der Waals surface area contributed by atoms with Gasteiger partial charge in [-0.1, -0.05) is 163 Å². The van der Waals surface area contributed by atoms with Crippen molar-refractivity contribution in [3.05, 3.63) is 181 Å². The summed E-state index contributed by atoms with van der Waals surface area (Å²) in [6.45, 7) is 0. The maximum Gasteiger partial charge on any atom is 0.0636 e. The van der Waals surface area contributed by atoms with E-state index in [2.05, 4.69) is 0 Å². The number of fused-ring (bicyclic) bond motifs is 4. The van der Waals surface area contributed by atoms with E-state index in [9.17, 15) is 13.7 Å². The summed E-state index contributed by atoms with van der Waals surface area (Å²) in [6, 6.07) is -30.3. The Labute approximate surface area is 311 Å². The first-order valence-electron chi connectivity index (χ1n) is 28.5. The molecule has 0 heterocycles. The Hall–Kier alpha value is -5.98. The summed E-state index contributed by atoms with van der Waals surface area (Å²) in [5, 5.41) is -6.10. The van der Waals surface area contributed by atoms with Gasteiger partial charge in [-0.25, -0.2) is 0 Å². The lowest BCUT2D eigenvalue weighted by Gasteiger charge is -2.19. The van der Waals surface area contributed by atoms with E-state index in [-0.39, 0.29) is 0 Å². The van der Waals surface area contributed by atoms with E-state index in [1.165, 1.54) is 0 Å². The summed E-state index contributed by atoms with van der Waals surface area (Å²) in [5.74, 6) is 0. The van der Waals surface area contributed by atoms with Gasteiger partial charge in [0.2, 0.25) is 0 Å². The molecule has 0 saturated carbocycles. The summed E-state index contributed by atoms with van der Waals surface area (Å²) in [7, 11) is 0. The summed E-state index contributed by atoms with van der Waals surface area (Å²) >= 11 is 0. The van der Waals surface area contributed by atoms with Gasteiger partial charge >= 0.3 is 0 Å². The van der Waals surface area contributed by atoms with Gasteiger partial charge in [-0.3, -0.25) is 0 Å². The molecule has 0 spiro atoms. The molecule has 0 nitrogen and oxygen atoms in total. The molecule has 0 unspecified atom stereocenters. The molecule has 9 aromatic carbocycles. The van der Waals surface area contributed by atoms with Crippen molar-refractivity contribution in [1.82, 2.24) is 0 Å². The van der Waals surface area contributed by atoms with Crippen molar-refractivity contribution < 1.29 is 41.1 Å². The fraction of sp³-hybridized carbons (Fsp3) is 0. The van der Waals surface area contributed by atoms with Crippen LogP contribution in [0.3, 0.4) is 0 Å². The van der Waals surface area contributed by atoms with E-state index in [0.717, 1.165) is 0 Å². The zero-order chi connectivity index (χ0) is 56.6. The fourth-order valence-corrected chi connectivity index (χ4v) is 5.22. The predicted octanol–water partition coefficient (Wildman–Crippen LogP) is 13.0. The molecule has 9 aromatic rings. The Morgan fingerprint density at radius 3 is 1.63 bits per heavy atom. The molecule has 0 aliphatic heterocycles. The van der Waals surface area contributed by atoms with Crippen LogP contribution < -0.4 is 0 Å². The molecule has 46 heavy (non-hydrogen) atoms. The minimum absolute atomic E-state index is 0.600. The van der Waals surface area contributed by atoms with Crippen LogP contribution in [0.25, 0.3) is 87.6 Å². The van der Waals surface area contributed by atoms with Gasteiger partial charge in [-0.15, -0.1) is 0 Å². The van der Waals surface area contributed by atoms with Crippen LogP contribution in [-0.4, -0.2) is 0 Å². The third-order valence-electron chi connectivity index (χ3n) is 7.19. The minimum Gasteiger partial charge on any atom is -0.0622 e. The molecular weight excluding hydrogens is 553 g/mol. The van der Waals surface area contributed by atoms with E-state index < -0.39 is 269 Å². The first-order valence-corrected chi connectivity index (χ1v) is 13.5. The average Bonchev–Trinajstić information content (AvgIpc) is 3.40. The second-order valence-electron chi connectivity index (χ2n) is 9.75. The van der Waals surface area contributed by atoms with Crippen molar-refractivity contribution in [2.75, 3.05) is 0 Å². The molecule has 0 N–H and O–H groups in total. The highest BCUT2D eigenvalue weighted by Gasteiger charge is 2.18. The number of rotatable bonds is 4. The Balaban J connectivity index is 1.66. The van der Waals surface area contributed by atoms with Crippen LogP contribution in [0.1, 0.15) is 41.1 Å². The molecule has 0 bridgehead atoms. The Morgan fingerprint density at radius 2 is 0.804 bits per heavy atom. The molecule has 214 valence electrons. The molecule has 0 aliphatic rings. The van der Waals surface area contributed by atoms with Crippen molar-refractivity contribution in [3.63, 3.8) is 0 Å². The van der Waals surface area contributed by atoms with E-state index in [0.29, 0.717) is 0 Å².